The number of hydrogen-bond donors (Lipinski definition) is 0. The number of hydrogen-bond acceptors (Lipinski definition) is 1. The van der Waals surface area contributed by atoms with Crippen LogP contribution < -0.4 is 4.74 Å². The molecule has 0 saturated heterocycles. The Morgan fingerprint density at radius 3 is 1.75 bits per heavy atom. The van der Waals surface area contributed by atoms with E-state index in [9.17, 15) is 0 Å². The first kappa shape index (κ1) is 25.4. The molecule has 0 saturated carbocycles. The van der Waals surface area contributed by atoms with Gasteiger partial charge in [-0.1, -0.05) is 94.6 Å². The number of aryl methyl sites for hydroxylation is 1. The SMILES string of the molecule is CCCCCCCc1ccc(C#C/C=C/C#Cc2ccc(OCCCCCC)cc2)cc1. The molecule has 2 rings (SSSR count). The van der Waals surface area contributed by atoms with Gasteiger partial charge < -0.3 is 4.74 Å². The van der Waals surface area contributed by atoms with E-state index in [2.05, 4.69) is 61.8 Å². The van der Waals surface area contributed by atoms with Gasteiger partial charge in [-0.2, -0.15) is 0 Å². The molecule has 0 amide bonds. The fourth-order valence-corrected chi connectivity index (χ4v) is 3.37. The maximum Gasteiger partial charge on any atom is 0.119 e. The maximum atomic E-state index is 5.77. The Balaban J connectivity index is 1.71. The van der Waals surface area contributed by atoms with Gasteiger partial charge in [-0.25, -0.2) is 0 Å². The number of rotatable bonds is 12. The molecule has 32 heavy (non-hydrogen) atoms. The molecule has 0 bridgehead atoms. The molecule has 0 N–H and O–H groups in total. The zero-order chi connectivity index (χ0) is 22.7. The molecule has 0 aliphatic carbocycles. The Kier molecular flexibility index (Phi) is 13.3. The number of unbranched alkanes of at least 4 members (excludes halogenated alkanes) is 7. The van der Waals surface area contributed by atoms with Crippen LogP contribution in [0.5, 0.6) is 5.75 Å². The molecule has 0 aliphatic rings. The van der Waals surface area contributed by atoms with Gasteiger partial charge in [0.2, 0.25) is 0 Å². The number of ether oxygens (including phenoxy) is 1. The van der Waals surface area contributed by atoms with Crippen molar-refractivity contribution < 1.29 is 4.74 Å². The summed E-state index contributed by atoms with van der Waals surface area (Å²) in [5.41, 5.74) is 3.43. The van der Waals surface area contributed by atoms with Gasteiger partial charge in [0.1, 0.15) is 5.75 Å². The summed E-state index contributed by atoms with van der Waals surface area (Å²) < 4.78 is 5.77. The molecule has 0 radical (unpaired) electrons. The average molecular weight is 427 g/mol. The van der Waals surface area contributed by atoms with E-state index in [1.165, 1.54) is 63.4 Å². The van der Waals surface area contributed by atoms with E-state index in [0.29, 0.717) is 0 Å². The van der Waals surface area contributed by atoms with Crippen LogP contribution in [0.1, 0.15) is 88.3 Å². The van der Waals surface area contributed by atoms with E-state index >= 15 is 0 Å². The van der Waals surface area contributed by atoms with Gasteiger partial charge in [-0.3, -0.25) is 0 Å². The highest BCUT2D eigenvalue weighted by molar-refractivity contribution is 5.42. The highest BCUT2D eigenvalue weighted by atomic mass is 16.5. The van der Waals surface area contributed by atoms with Crippen molar-refractivity contribution in [3.8, 4) is 29.4 Å². The minimum Gasteiger partial charge on any atom is -0.494 e. The largest absolute Gasteiger partial charge is 0.494 e. The quantitative estimate of drug-likeness (QED) is 0.246. The monoisotopic (exact) mass is 426 g/mol. The van der Waals surface area contributed by atoms with Crippen LogP contribution in [0.4, 0.5) is 0 Å². The van der Waals surface area contributed by atoms with Gasteiger partial charge >= 0.3 is 0 Å². The Bertz CT molecular complexity index is 818. The molecule has 0 aromatic heterocycles. The molecule has 2 aromatic carbocycles. The van der Waals surface area contributed by atoms with Crippen LogP contribution >= 0.6 is 0 Å². The standard InChI is InChI=1S/C31H38O/c1-3-5-7-9-12-16-28-19-21-29(22-20-28)17-13-10-11-14-18-30-23-25-31(26-24-30)32-27-15-8-6-4-2/h10-11,19-26H,3-9,12,15-16,27H2,1-2H3/b11-10+. The number of allylic oxidation sites excluding steroid dienone is 2. The van der Waals surface area contributed by atoms with Crippen LogP contribution in [0.15, 0.2) is 60.7 Å². The van der Waals surface area contributed by atoms with E-state index in [1.54, 1.807) is 6.08 Å². The van der Waals surface area contributed by atoms with Crippen LogP contribution in [0.3, 0.4) is 0 Å². The summed E-state index contributed by atoms with van der Waals surface area (Å²) in [6.45, 7) is 5.26. The second-order valence-electron chi connectivity index (χ2n) is 8.17. The molecule has 0 spiro atoms. The lowest BCUT2D eigenvalue weighted by Crippen LogP contribution is -1.96. The predicted octanol–water partition coefficient (Wildman–Crippen LogP) is 8.12. The van der Waals surface area contributed by atoms with E-state index in [4.69, 9.17) is 4.74 Å². The van der Waals surface area contributed by atoms with E-state index in [1.807, 2.05) is 30.3 Å². The number of benzene rings is 2. The third-order valence-electron chi connectivity index (χ3n) is 5.33. The summed E-state index contributed by atoms with van der Waals surface area (Å²) >= 11 is 0. The molecule has 0 unspecified atom stereocenters. The minimum absolute atomic E-state index is 0.786. The minimum atomic E-state index is 0.786. The summed E-state index contributed by atoms with van der Waals surface area (Å²) in [5, 5.41) is 0. The van der Waals surface area contributed by atoms with Crippen molar-refractivity contribution in [2.45, 2.75) is 78.1 Å². The van der Waals surface area contributed by atoms with Gasteiger partial charge in [0, 0.05) is 11.1 Å². The molecule has 0 fully saturated rings. The first-order chi connectivity index (χ1) is 15.8. The zero-order valence-corrected chi connectivity index (χ0v) is 20.0. The van der Waals surface area contributed by atoms with Gasteiger partial charge in [0.15, 0.2) is 0 Å². The normalized spacial score (nSPS) is 10.3. The Labute approximate surface area is 196 Å². The van der Waals surface area contributed by atoms with Gasteiger partial charge in [-0.05, 0) is 73.4 Å². The molecule has 0 heterocycles. The van der Waals surface area contributed by atoms with Crippen LogP contribution in [-0.2, 0) is 6.42 Å². The van der Waals surface area contributed by atoms with Crippen molar-refractivity contribution in [2.75, 3.05) is 6.61 Å². The molecular weight excluding hydrogens is 388 g/mol. The smallest absolute Gasteiger partial charge is 0.119 e. The lowest BCUT2D eigenvalue weighted by molar-refractivity contribution is 0.305. The predicted molar refractivity (Wildman–Crippen MR) is 138 cm³/mol. The lowest BCUT2D eigenvalue weighted by Gasteiger charge is -2.05. The molecule has 2 aromatic rings. The van der Waals surface area contributed by atoms with Crippen LogP contribution in [0, 0.1) is 23.7 Å². The third kappa shape index (κ3) is 11.5. The van der Waals surface area contributed by atoms with Crippen molar-refractivity contribution in [1.82, 2.24) is 0 Å². The highest BCUT2D eigenvalue weighted by Crippen LogP contribution is 2.13. The molecular formula is C31H38O. The van der Waals surface area contributed by atoms with Gasteiger partial charge in [-0.15, -0.1) is 0 Å². The summed E-state index contributed by atoms with van der Waals surface area (Å²) in [4.78, 5) is 0. The Hall–Kier alpha value is -2.90. The van der Waals surface area contributed by atoms with Crippen LogP contribution in [0.25, 0.3) is 0 Å². The topological polar surface area (TPSA) is 9.23 Å². The first-order valence-corrected chi connectivity index (χ1v) is 12.3. The highest BCUT2D eigenvalue weighted by Gasteiger charge is 1.95. The second kappa shape index (κ2) is 16.8. The van der Waals surface area contributed by atoms with Crippen molar-refractivity contribution in [1.29, 1.82) is 0 Å². The molecule has 1 heteroatoms. The van der Waals surface area contributed by atoms with Crippen LogP contribution in [0.2, 0.25) is 0 Å². The molecule has 1 nitrogen and oxygen atoms in total. The van der Waals surface area contributed by atoms with Crippen molar-refractivity contribution in [2.24, 2.45) is 0 Å². The van der Waals surface area contributed by atoms with Crippen molar-refractivity contribution >= 4 is 0 Å². The summed E-state index contributed by atoms with van der Waals surface area (Å²) in [5.74, 6) is 13.3. The average Bonchev–Trinajstić information content (AvgIpc) is 2.83. The molecule has 168 valence electrons. The maximum absolute atomic E-state index is 5.77. The summed E-state index contributed by atoms with van der Waals surface area (Å²) in [6.07, 6.45) is 16.3. The van der Waals surface area contributed by atoms with E-state index in [-0.39, 0.29) is 0 Å². The van der Waals surface area contributed by atoms with Crippen molar-refractivity contribution in [3.63, 3.8) is 0 Å². The fraction of sp³-hybridized carbons (Fsp3) is 0.419. The van der Waals surface area contributed by atoms with E-state index in [0.717, 1.165) is 29.9 Å². The zero-order valence-electron chi connectivity index (χ0n) is 20.0. The Morgan fingerprint density at radius 1 is 0.625 bits per heavy atom. The summed E-state index contributed by atoms with van der Waals surface area (Å²) in [7, 11) is 0. The van der Waals surface area contributed by atoms with Gasteiger partial charge in [0.25, 0.3) is 0 Å². The molecule has 0 atom stereocenters. The van der Waals surface area contributed by atoms with Gasteiger partial charge in [0.05, 0.1) is 6.61 Å². The second-order valence-corrected chi connectivity index (χ2v) is 8.17. The molecule has 0 aliphatic heterocycles. The van der Waals surface area contributed by atoms with Crippen LogP contribution in [-0.4, -0.2) is 6.61 Å². The fourth-order valence-electron chi connectivity index (χ4n) is 3.37. The summed E-state index contributed by atoms with van der Waals surface area (Å²) in [6, 6.07) is 16.6. The Morgan fingerprint density at radius 2 is 1.16 bits per heavy atom. The lowest BCUT2D eigenvalue weighted by atomic mass is 10.0. The van der Waals surface area contributed by atoms with Crippen molar-refractivity contribution in [3.05, 3.63) is 77.4 Å². The van der Waals surface area contributed by atoms with E-state index < -0.39 is 0 Å². The third-order valence-corrected chi connectivity index (χ3v) is 5.33. The first-order valence-electron chi connectivity index (χ1n) is 12.3.